The molecule has 1 N–H and O–H groups in total. The molecule has 1 aliphatic rings. The van der Waals surface area contributed by atoms with Crippen molar-refractivity contribution in [1.29, 1.82) is 0 Å². The van der Waals surface area contributed by atoms with E-state index in [0.717, 1.165) is 5.57 Å². The lowest BCUT2D eigenvalue weighted by Crippen LogP contribution is -2.05. The maximum Gasteiger partial charge on any atom is 0.100 e. The molecule has 0 unspecified atom stereocenters. The fourth-order valence-corrected chi connectivity index (χ4v) is 0.516. The SMILES string of the molecule is C=C1COC[C@@H]1O. The lowest BCUT2D eigenvalue weighted by atomic mass is 10.2. The van der Waals surface area contributed by atoms with Gasteiger partial charge in [0.1, 0.15) is 6.10 Å². The van der Waals surface area contributed by atoms with Gasteiger partial charge in [0.25, 0.3) is 0 Å². The van der Waals surface area contributed by atoms with Gasteiger partial charge in [-0.15, -0.1) is 0 Å². The van der Waals surface area contributed by atoms with Crippen LogP contribution in [-0.4, -0.2) is 24.4 Å². The van der Waals surface area contributed by atoms with Crippen LogP contribution in [0.2, 0.25) is 0 Å². The first-order valence-corrected chi connectivity index (χ1v) is 2.24. The van der Waals surface area contributed by atoms with Crippen molar-refractivity contribution >= 4 is 0 Å². The van der Waals surface area contributed by atoms with Crippen LogP contribution in [0.4, 0.5) is 0 Å². The minimum atomic E-state index is -0.403. The van der Waals surface area contributed by atoms with Crippen LogP contribution >= 0.6 is 0 Å². The van der Waals surface area contributed by atoms with Gasteiger partial charge in [-0.2, -0.15) is 0 Å². The van der Waals surface area contributed by atoms with Crippen molar-refractivity contribution in [2.75, 3.05) is 13.2 Å². The fourth-order valence-electron chi connectivity index (χ4n) is 0.516. The average molecular weight is 100 g/mol. The first-order chi connectivity index (χ1) is 3.30. The summed E-state index contributed by atoms with van der Waals surface area (Å²) in [6.07, 6.45) is -0.403. The van der Waals surface area contributed by atoms with Crippen LogP contribution in [0.3, 0.4) is 0 Å². The van der Waals surface area contributed by atoms with Crippen molar-refractivity contribution < 1.29 is 9.84 Å². The Morgan fingerprint density at radius 2 is 2.57 bits per heavy atom. The molecule has 1 atom stereocenters. The molecule has 0 spiro atoms. The van der Waals surface area contributed by atoms with Crippen LogP contribution in [0, 0.1) is 0 Å². The van der Waals surface area contributed by atoms with Gasteiger partial charge in [0.05, 0.1) is 13.2 Å². The van der Waals surface area contributed by atoms with E-state index in [1.807, 2.05) is 0 Å². The van der Waals surface area contributed by atoms with E-state index in [2.05, 4.69) is 6.58 Å². The van der Waals surface area contributed by atoms with Gasteiger partial charge >= 0.3 is 0 Å². The zero-order chi connectivity index (χ0) is 5.28. The first-order valence-electron chi connectivity index (χ1n) is 2.24. The third-order valence-electron chi connectivity index (χ3n) is 1.03. The molecule has 0 amide bonds. The molecule has 0 saturated carbocycles. The van der Waals surface area contributed by atoms with Gasteiger partial charge in [-0.05, 0) is 5.57 Å². The highest BCUT2D eigenvalue weighted by Crippen LogP contribution is 2.07. The van der Waals surface area contributed by atoms with Crippen LogP contribution in [-0.2, 0) is 4.74 Å². The second-order valence-electron chi connectivity index (χ2n) is 1.69. The Hall–Kier alpha value is -0.340. The highest BCUT2D eigenvalue weighted by molar-refractivity contribution is 5.05. The summed E-state index contributed by atoms with van der Waals surface area (Å²) in [6, 6.07) is 0. The number of hydrogen-bond donors (Lipinski definition) is 1. The van der Waals surface area contributed by atoms with Gasteiger partial charge in [0.15, 0.2) is 0 Å². The van der Waals surface area contributed by atoms with E-state index >= 15 is 0 Å². The summed E-state index contributed by atoms with van der Waals surface area (Å²) in [5.41, 5.74) is 0.792. The molecule has 0 aromatic heterocycles. The summed E-state index contributed by atoms with van der Waals surface area (Å²) in [7, 11) is 0. The zero-order valence-corrected chi connectivity index (χ0v) is 4.05. The van der Waals surface area contributed by atoms with Gasteiger partial charge in [-0.3, -0.25) is 0 Å². The Morgan fingerprint density at radius 1 is 1.86 bits per heavy atom. The lowest BCUT2D eigenvalue weighted by Gasteiger charge is -1.93. The third-order valence-corrected chi connectivity index (χ3v) is 1.03. The molecule has 0 radical (unpaired) electrons. The number of aliphatic hydroxyl groups excluding tert-OH is 1. The Labute approximate surface area is 42.4 Å². The van der Waals surface area contributed by atoms with Crippen molar-refractivity contribution in [3.63, 3.8) is 0 Å². The molecule has 7 heavy (non-hydrogen) atoms. The van der Waals surface area contributed by atoms with Crippen LogP contribution in [0.5, 0.6) is 0 Å². The van der Waals surface area contributed by atoms with Gasteiger partial charge < -0.3 is 9.84 Å². The summed E-state index contributed by atoms with van der Waals surface area (Å²) in [5.74, 6) is 0. The first kappa shape index (κ1) is 4.81. The van der Waals surface area contributed by atoms with Gasteiger partial charge in [0.2, 0.25) is 0 Å². The lowest BCUT2D eigenvalue weighted by molar-refractivity contribution is 0.130. The highest BCUT2D eigenvalue weighted by atomic mass is 16.5. The molecule has 2 nitrogen and oxygen atoms in total. The molecular formula is C5H8O2. The number of ether oxygens (including phenoxy) is 1. The summed E-state index contributed by atoms with van der Waals surface area (Å²) < 4.78 is 4.82. The molecule has 40 valence electrons. The molecular weight excluding hydrogens is 92.1 g/mol. The molecule has 0 bridgehead atoms. The van der Waals surface area contributed by atoms with E-state index in [1.165, 1.54) is 0 Å². The monoisotopic (exact) mass is 100 g/mol. The van der Waals surface area contributed by atoms with E-state index in [4.69, 9.17) is 9.84 Å². The van der Waals surface area contributed by atoms with Crippen LogP contribution < -0.4 is 0 Å². The Morgan fingerprint density at radius 3 is 2.71 bits per heavy atom. The maximum absolute atomic E-state index is 8.77. The molecule has 1 fully saturated rings. The van der Waals surface area contributed by atoms with Gasteiger partial charge in [-0.25, -0.2) is 0 Å². The quantitative estimate of drug-likeness (QED) is 0.432. The molecule has 2 heteroatoms. The highest BCUT2D eigenvalue weighted by Gasteiger charge is 2.15. The normalized spacial score (nSPS) is 31.6. The van der Waals surface area contributed by atoms with Crippen molar-refractivity contribution in [2.24, 2.45) is 0 Å². The predicted octanol–water partition coefficient (Wildman–Crippen LogP) is -0.0663. The zero-order valence-electron chi connectivity index (χ0n) is 4.05. The molecule has 0 aromatic carbocycles. The maximum atomic E-state index is 8.77. The van der Waals surface area contributed by atoms with E-state index in [0.29, 0.717) is 13.2 Å². The van der Waals surface area contributed by atoms with Crippen molar-refractivity contribution in [1.82, 2.24) is 0 Å². The van der Waals surface area contributed by atoms with Crippen LogP contribution in [0.15, 0.2) is 12.2 Å². The van der Waals surface area contributed by atoms with Crippen molar-refractivity contribution in [3.8, 4) is 0 Å². The van der Waals surface area contributed by atoms with Crippen LogP contribution in [0.25, 0.3) is 0 Å². The summed E-state index contributed by atoms with van der Waals surface area (Å²) in [4.78, 5) is 0. The Bertz CT molecular complexity index is 88.1. The Balaban J connectivity index is 2.48. The van der Waals surface area contributed by atoms with E-state index < -0.39 is 6.10 Å². The number of aliphatic hydroxyl groups is 1. The van der Waals surface area contributed by atoms with Crippen molar-refractivity contribution in [3.05, 3.63) is 12.2 Å². The average Bonchev–Trinajstić information content (AvgIpc) is 1.91. The third kappa shape index (κ3) is 0.813. The Kier molecular flexibility index (Phi) is 1.13. The second kappa shape index (κ2) is 1.64. The van der Waals surface area contributed by atoms with Gasteiger partial charge in [-0.1, -0.05) is 6.58 Å². The van der Waals surface area contributed by atoms with Crippen molar-refractivity contribution in [2.45, 2.75) is 6.10 Å². The van der Waals surface area contributed by atoms with Crippen LogP contribution in [0.1, 0.15) is 0 Å². The summed E-state index contributed by atoms with van der Waals surface area (Å²) >= 11 is 0. The van der Waals surface area contributed by atoms with E-state index in [9.17, 15) is 0 Å². The predicted molar refractivity (Wildman–Crippen MR) is 26.0 cm³/mol. The minimum Gasteiger partial charge on any atom is -0.386 e. The fraction of sp³-hybridized carbons (Fsp3) is 0.600. The number of hydrogen-bond acceptors (Lipinski definition) is 2. The van der Waals surface area contributed by atoms with Gasteiger partial charge in [0, 0.05) is 0 Å². The molecule has 1 heterocycles. The topological polar surface area (TPSA) is 29.5 Å². The number of rotatable bonds is 0. The molecule has 1 aliphatic heterocycles. The molecule has 1 saturated heterocycles. The molecule has 0 aliphatic carbocycles. The minimum absolute atomic E-state index is 0.403. The van der Waals surface area contributed by atoms with E-state index in [1.54, 1.807) is 0 Å². The smallest absolute Gasteiger partial charge is 0.100 e. The molecule has 1 rings (SSSR count). The largest absolute Gasteiger partial charge is 0.386 e. The second-order valence-corrected chi connectivity index (χ2v) is 1.69. The summed E-state index contributed by atoms with van der Waals surface area (Å²) in [5, 5.41) is 8.77. The van der Waals surface area contributed by atoms with E-state index in [-0.39, 0.29) is 0 Å². The standard InChI is InChI=1S/C5H8O2/c1-4-2-7-3-5(4)6/h5-6H,1-3H2/t5-/m0/s1. The summed E-state index contributed by atoms with van der Waals surface area (Å²) in [6.45, 7) is 4.52. The molecule has 0 aromatic rings.